The number of carbonyl (C=O) groups is 1. The lowest BCUT2D eigenvalue weighted by Gasteiger charge is -2.23. The fourth-order valence-corrected chi connectivity index (χ4v) is 3.82. The smallest absolute Gasteiger partial charge is 0.271 e. The van der Waals surface area contributed by atoms with Crippen molar-refractivity contribution >= 4 is 39.1 Å². The Balaban J connectivity index is 2.91. The van der Waals surface area contributed by atoms with Gasteiger partial charge in [0.1, 0.15) is 6.54 Å². The van der Waals surface area contributed by atoms with Crippen LogP contribution in [0.25, 0.3) is 0 Å². The van der Waals surface area contributed by atoms with Crippen LogP contribution in [-0.4, -0.2) is 49.1 Å². The molecule has 0 saturated heterocycles. The quantitative estimate of drug-likeness (QED) is 0.405. The highest BCUT2D eigenvalue weighted by Crippen LogP contribution is 2.27. The van der Waals surface area contributed by atoms with Gasteiger partial charge in [-0.1, -0.05) is 26.8 Å². The number of nitrogens with one attached hydrogen (secondary N) is 1. The van der Waals surface area contributed by atoms with Crippen LogP contribution in [0, 0.1) is 17.0 Å². The Labute approximate surface area is 158 Å². The van der Waals surface area contributed by atoms with Gasteiger partial charge in [0.2, 0.25) is 15.9 Å². The van der Waals surface area contributed by atoms with Gasteiger partial charge < -0.3 is 5.32 Å². The van der Waals surface area contributed by atoms with E-state index in [2.05, 4.69) is 26.1 Å². The van der Waals surface area contributed by atoms with Gasteiger partial charge in [-0.25, -0.2) is 8.42 Å². The maximum Gasteiger partial charge on any atom is 0.271 e. The number of carbonyl (C=O) groups excluding carboxylic acids is 1. The van der Waals surface area contributed by atoms with Crippen LogP contribution in [0.1, 0.15) is 26.3 Å². The minimum atomic E-state index is -3.79. The molecule has 0 bridgehead atoms. The third-order valence-corrected chi connectivity index (χ3v) is 5.72. The van der Waals surface area contributed by atoms with Gasteiger partial charge in [-0.15, -0.1) is 0 Å². The Morgan fingerprint density at radius 1 is 1.35 bits per heavy atom. The van der Waals surface area contributed by atoms with Crippen LogP contribution >= 0.6 is 11.8 Å². The van der Waals surface area contributed by atoms with E-state index in [0.29, 0.717) is 17.9 Å². The number of hydrogen-bond donors (Lipinski definition) is 1. The average Bonchev–Trinajstić information content (AvgIpc) is 2.48. The van der Waals surface area contributed by atoms with Crippen molar-refractivity contribution in [3.8, 4) is 0 Å². The van der Waals surface area contributed by atoms with Gasteiger partial charge in [0.25, 0.3) is 5.69 Å². The van der Waals surface area contributed by atoms with E-state index in [1.165, 1.54) is 18.2 Å². The molecule has 1 aromatic rings. The van der Waals surface area contributed by atoms with E-state index in [-0.39, 0.29) is 16.1 Å². The predicted octanol–water partition coefficient (Wildman–Crippen LogP) is 2.32. The van der Waals surface area contributed by atoms with Crippen LogP contribution in [-0.2, 0) is 14.8 Å². The van der Waals surface area contributed by atoms with Gasteiger partial charge in [0, 0.05) is 29.2 Å². The highest BCUT2D eigenvalue weighted by Gasteiger charge is 2.24. The lowest BCUT2D eigenvalue weighted by molar-refractivity contribution is -0.384. The second-order valence-electron chi connectivity index (χ2n) is 6.81. The molecule has 0 heterocycles. The predicted molar refractivity (Wildman–Crippen MR) is 105 cm³/mol. The van der Waals surface area contributed by atoms with E-state index in [4.69, 9.17) is 0 Å². The number of anilines is 1. The first kappa shape index (κ1) is 22.2. The SMILES string of the molecule is Cc1ccc([N+](=O)[O-])cc1N(CC(=O)NCCSC(C)(C)C)S(C)(=O)=O. The lowest BCUT2D eigenvalue weighted by atomic mass is 10.2. The average molecular weight is 404 g/mol. The zero-order chi connectivity index (χ0) is 20.1. The number of nitro groups is 1. The van der Waals surface area contributed by atoms with Crippen LogP contribution in [0.3, 0.4) is 0 Å². The molecule has 0 fully saturated rings. The van der Waals surface area contributed by atoms with Gasteiger partial charge in [-0.05, 0) is 12.5 Å². The van der Waals surface area contributed by atoms with E-state index < -0.39 is 27.4 Å². The largest absolute Gasteiger partial charge is 0.354 e. The number of amides is 1. The highest BCUT2D eigenvalue weighted by molar-refractivity contribution is 8.00. The molecular formula is C16H25N3O5S2. The lowest BCUT2D eigenvalue weighted by Crippen LogP contribution is -2.41. The fraction of sp³-hybridized carbons (Fsp3) is 0.562. The van der Waals surface area contributed by atoms with Crippen LogP contribution in [0.2, 0.25) is 0 Å². The van der Waals surface area contributed by atoms with Gasteiger partial charge in [-0.3, -0.25) is 19.2 Å². The van der Waals surface area contributed by atoms with E-state index in [1.54, 1.807) is 18.7 Å². The zero-order valence-electron chi connectivity index (χ0n) is 15.6. The van der Waals surface area contributed by atoms with Crippen molar-refractivity contribution in [2.75, 3.05) is 29.4 Å². The van der Waals surface area contributed by atoms with Crippen LogP contribution in [0.4, 0.5) is 11.4 Å². The number of non-ortho nitro benzene ring substituents is 1. The zero-order valence-corrected chi connectivity index (χ0v) is 17.2. The van der Waals surface area contributed by atoms with E-state index >= 15 is 0 Å². The molecule has 0 saturated carbocycles. The standard InChI is InChI=1S/C16H25N3O5S2/c1-12-6-7-13(19(21)22)10-14(12)18(26(5,23)24)11-15(20)17-8-9-25-16(2,3)4/h6-7,10H,8-9,11H2,1-5H3,(H,17,20). The summed E-state index contributed by atoms with van der Waals surface area (Å²) < 4.78 is 25.2. The van der Waals surface area contributed by atoms with E-state index in [1.807, 2.05) is 0 Å². The van der Waals surface area contributed by atoms with Crippen molar-refractivity contribution in [1.82, 2.24) is 5.32 Å². The molecule has 0 unspecified atom stereocenters. The number of benzene rings is 1. The summed E-state index contributed by atoms with van der Waals surface area (Å²) in [6.07, 6.45) is 0.966. The van der Waals surface area contributed by atoms with E-state index in [0.717, 1.165) is 10.6 Å². The molecule has 0 radical (unpaired) electrons. The fourth-order valence-electron chi connectivity index (χ4n) is 2.10. The number of hydrogen-bond acceptors (Lipinski definition) is 6. The second-order valence-corrected chi connectivity index (χ2v) is 10.6. The molecule has 1 N–H and O–H groups in total. The number of sulfonamides is 1. The molecule has 26 heavy (non-hydrogen) atoms. The van der Waals surface area contributed by atoms with Gasteiger partial charge in [0.05, 0.1) is 16.9 Å². The molecule has 1 aromatic carbocycles. The number of nitrogens with zero attached hydrogens (tertiary/aromatic N) is 2. The summed E-state index contributed by atoms with van der Waals surface area (Å²) >= 11 is 1.68. The summed E-state index contributed by atoms with van der Waals surface area (Å²) in [5.74, 6) is 0.236. The molecule has 0 spiro atoms. The first-order valence-corrected chi connectivity index (χ1v) is 10.8. The van der Waals surface area contributed by atoms with E-state index in [9.17, 15) is 23.3 Å². The first-order valence-electron chi connectivity index (χ1n) is 7.94. The molecule has 8 nitrogen and oxygen atoms in total. The highest BCUT2D eigenvalue weighted by atomic mass is 32.2. The van der Waals surface area contributed by atoms with Gasteiger partial charge >= 0.3 is 0 Å². The van der Waals surface area contributed by atoms with Crippen molar-refractivity contribution in [1.29, 1.82) is 0 Å². The van der Waals surface area contributed by atoms with Gasteiger partial charge in [-0.2, -0.15) is 11.8 Å². The molecule has 1 amide bonds. The summed E-state index contributed by atoms with van der Waals surface area (Å²) in [6.45, 7) is 7.81. The summed E-state index contributed by atoms with van der Waals surface area (Å²) in [6, 6.07) is 3.92. The number of aryl methyl sites for hydroxylation is 1. The Morgan fingerprint density at radius 3 is 2.46 bits per heavy atom. The number of nitro benzene ring substituents is 1. The summed E-state index contributed by atoms with van der Waals surface area (Å²) in [4.78, 5) is 22.5. The third-order valence-electron chi connectivity index (χ3n) is 3.32. The van der Waals surface area contributed by atoms with Crippen LogP contribution in [0.15, 0.2) is 18.2 Å². The van der Waals surface area contributed by atoms with Crippen molar-refractivity contribution in [2.24, 2.45) is 0 Å². The van der Waals surface area contributed by atoms with Crippen molar-refractivity contribution in [2.45, 2.75) is 32.4 Å². The Hall–Kier alpha value is -1.81. The minimum Gasteiger partial charge on any atom is -0.354 e. The Morgan fingerprint density at radius 2 is 1.96 bits per heavy atom. The molecule has 0 atom stereocenters. The Kier molecular flexibility index (Phi) is 7.45. The molecule has 146 valence electrons. The second kappa shape index (κ2) is 8.72. The molecule has 0 aromatic heterocycles. The van der Waals surface area contributed by atoms with Crippen LogP contribution < -0.4 is 9.62 Å². The topological polar surface area (TPSA) is 110 Å². The van der Waals surface area contributed by atoms with Gasteiger partial charge in [0.15, 0.2) is 0 Å². The Bertz CT molecular complexity index is 773. The molecule has 0 aliphatic heterocycles. The number of thioether (sulfide) groups is 1. The minimum absolute atomic E-state index is 0.0730. The molecule has 0 aliphatic rings. The summed E-state index contributed by atoms with van der Waals surface area (Å²) in [5, 5.41) is 13.7. The molecule has 1 rings (SSSR count). The molecule has 10 heteroatoms. The van der Waals surface area contributed by atoms with Crippen molar-refractivity contribution < 1.29 is 18.1 Å². The first-order chi connectivity index (χ1) is 11.8. The van der Waals surface area contributed by atoms with Crippen LogP contribution in [0.5, 0.6) is 0 Å². The summed E-state index contributed by atoms with van der Waals surface area (Å²) in [5.41, 5.74) is 0.416. The molecule has 0 aliphatic carbocycles. The van der Waals surface area contributed by atoms with Crippen molar-refractivity contribution in [3.05, 3.63) is 33.9 Å². The van der Waals surface area contributed by atoms with Crippen molar-refractivity contribution in [3.63, 3.8) is 0 Å². The number of rotatable bonds is 8. The normalized spacial score (nSPS) is 11.9. The monoisotopic (exact) mass is 403 g/mol. The maximum atomic E-state index is 12.2. The third kappa shape index (κ3) is 7.20. The molecular weight excluding hydrogens is 378 g/mol. The maximum absolute atomic E-state index is 12.2. The summed E-state index contributed by atoms with van der Waals surface area (Å²) in [7, 11) is -3.79.